The number of benzene rings is 2. The van der Waals surface area contributed by atoms with Gasteiger partial charge in [-0.3, -0.25) is 0 Å². The van der Waals surface area contributed by atoms with Gasteiger partial charge < -0.3 is 14.8 Å². The minimum Gasteiger partial charge on any atom is -0.493 e. The molecule has 0 aliphatic carbocycles. The maximum absolute atomic E-state index is 5.88. The first-order valence-corrected chi connectivity index (χ1v) is 7.87. The Balaban J connectivity index is 2.09. The predicted octanol–water partition coefficient (Wildman–Crippen LogP) is 3.64. The molecule has 1 N–H and O–H groups in total. The second-order valence-electron chi connectivity index (χ2n) is 5.65. The molecule has 1 aliphatic heterocycles. The maximum Gasteiger partial charge on any atom is 0.164 e. The van der Waals surface area contributed by atoms with E-state index in [2.05, 4.69) is 42.6 Å². The molecule has 116 valence electrons. The molecule has 0 saturated carbocycles. The predicted molar refractivity (Wildman–Crippen MR) is 88.9 cm³/mol. The Labute approximate surface area is 132 Å². The normalized spacial score (nSPS) is 17.0. The summed E-state index contributed by atoms with van der Waals surface area (Å²) in [7, 11) is 1.70. The van der Waals surface area contributed by atoms with Gasteiger partial charge in [0.05, 0.1) is 19.8 Å². The van der Waals surface area contributed by atoms with Crippen molar-refractivity contribution in [3.05, 3.63) is 58.7 Å². The molecule has 0 radical (unpaired) electrons. The summed E-state index contributed by atoms with van der Waals surface area (Å²) in [5, 5.41) is 3.63. The third-order valence-corrected chi connectivity index (χ3v) is 4.18. The highest BCUT2D eigenvalue weighted by atomic mass is 16.5. The summed E-state index contributed by atoms with van der Waals surface area (Å²) in [6.45, 7) is 5.74. The number of methoxy groups -OCH3 is 1. The van der Waals surface area contributed by atoms with Crippen molar-refractivity contribution in [1.82, 2.24) is 5.32 Å². The minimum absolute atomic E-state index is 0.216. The fourth-order valence-corrected chi connectivity index (χ4v) is 3.21. The number of rotatable bonds is 4. The third kappa shape index (κ3) is 2.69. The summed E-state index contributed by atoms with van der Waals surface area (Å²) in [5.41, 5.74) is 5.14. The van der Waals surface area contributed by atoms with Crippen LogP contribution in [0.2, 0.25) is 0 Å². The van der Waals surface area contributed by atoms with Crippen molar-refractivity contribution in [3.63, 3.8) is 0 Å². The summed E-state index contributed by atoms with van der Waals surface area (Å²) in [4.78, 5) is 0. The van der Waals surface area contributed by atoms with Crippen molar-refractivity contribution < 1.29 is 9.47 Å². The molecule has 3 rings (SSSR count). The van der Waals surface area contributed by atoms with Gasteiger partial charge in [0.15, 0.2) is 11.5 Å². The summed E-state index contributed by atoms with van der Waals surface area (Å²) >= 11 is 0. The number of ether oxygens (including phenoxy) is 2. The van der Waals surface area contributed by atoms with E-state index in [9.17, 15) is 0 Å². The van der Waals surface area contributed by atoms with E-state index in [0.717, 1.165) is 24.5 Å². The van der Waals surface area contributed by atoms with E-state index in [1.54, 1.807) is 7.11 Å². The SMILES string of the molecule is CCOc1c(OC)ccc2c1CCNC2c1cccc(C)c1. The van der Waals surface area contributed by atoms with E-state index in [1.807, 2.05) is 13.0 Å². The van der Waals surface area contributed by atoms with Crippen LogP contribution in [0.4, 0.5) is 0 Å². The van der Waals surface area contributed by atoms with Crippen LogP contribution in [-0.2, 0) is 6.42 Å². The van der Waals surface area contributed by atoms with Crippen LogP contribution in [0.5, 0.6) is 11.5 Å². The van der Waals surface area contributed by atoms with E-state index < -0.39 is 0 Å². The van der Waals surface area contributed by atoms with Gasteiger partial charge >= 0.3 is 0 Å². The standard InChI is InChI=1S/C19H23NO2/c1-4-22-19-16-10-11-20-18(14-7-5-6-13(2)12-14)15(16)8-9-17(19)21-3/h5-9,12,18,20H,4,10-11H2,1-3H3. The number of nitrogens with one attached hydrogen (secondary N) is 1. The van der Waals surface area contributed by atoms with Gasteiger partial charge in [-0.05, 0) is 37.5 Å². The first-order valence-electron chi connectivity index (χ1n) is 7.87. The number of aryl methyl sites for hydroxylation is 1. The molecule has 0 spiro atoms. The largest absolute Gasteiger partial charge is 0.493 e. The molecule has 0 aromatic heterocycles. The molecule has 0 amide bonds. The van der Waals surface area contributed by atoms with Crippen LogP contribution in [0.15, 0.2) is 36.4 Å². The maximum atomic E-state index is 5.88. The van der Waals surface area contributed by atoms with Gasteiger partial charge in [0.25, 0.3) is 0 Å². The van der Waals surface area contributed by atoms with Gasteiger partial charge in [-0.15, -0.1) is 0 Å². The van der Waals surface area contributed by atoms with Crippen LogP contribution in [0, 0.1) is 6.92 Å². The zero-order valence-electron chi connectivity index (χ0n) is 13.5. The Morgan fingerprint density at radius 3 is 2.82 bits per heavy atom. The molecule has 22 heavy (non-hydrogen) atoms. The summed E-state index contributed by atoms with van der Waals surface area (Å²) in [6.07, 6.45) is 0.962. The zero-order valence-corrected chi connectivity index (χ0v) is 13.5. The number of hydrogen-bond donors (Lipinski definition) is 1. The Morgan fingerprint density at radius 2 is 2.09 bits per heavy atom. The lowest BCUT2D eigenvalue weighted by Crippen LogP contribution is -2.31. The second-order valence-corrected chi connectivity index (χ2v) is 5.65. The first-order chi connectivity index (χ1) is 10.7. The molecule has 0 bridgehead atoms. The molecule has 0 saturated heterocycles. The van der Waals surface area contributed by atoms with Crippen LogP contribution >= 0.6 is 0 Å². The van der Waals surface area contributed by atoms with Crippen molar-refractivity contribution in [2.24, 2.45) is 0 Å². The van der Waals surface area contributed by atoms with Crippen molar-refractivity contribution >= 4 is 0 Å². The average Bonchev–Trinajstić information content (AvgIpc) is 2.55. The van der Waals surface area contributed by atoms with E-state index in [4.69, 9.17) is 9.47 Å². The van der Waals surface area contributed by atoms with E-state index in [-0.39, 0.29) is 6.04 Å². The Bertz CT molecular complexity index is 666. The van der Waals surface area contributed by atoms with Crippen molar-refractivity contribution in [2.45, 2.75) is 26.3 Å². The van der Waals surface area contributed by atoms with Crippen LogP contribution in [-0.4, -0.2) is 20.3 Å². The molecule has 3 heteroatoms. The molecule has 0 fully saturated rings. The van der Waals surface area contributed by atoms with E-state index in [1.165, 1.54) is 22.3 Å². The average molecular weight is 297 g/mol. The summed E-state index contributed by atoms with van der Waals surface area (Å²) in [5.74, 6) is 1.73. The van der Waals surface area contributed by atoms with E-state index >= 15 is 0 Å². The summed E-state index contributed by atoms with van der Waals surface area (Å²) < 4.78 is 11.4. The molecular weight excluding hydrogens is 274 g/mol. The molecule has 2 aromatic rings. The van der Waals surface area contributed by atoms with Crippen molar-refractivity contribution in [3.8, 4) is 11.5 Å². The highest BCUT2D eigenvalue weighted by molar-refractivity contribution is 5.54. The number of hydrogen-bond acceptors (Lipinski definition) is 3. The smallest absolute Gasteiger partial charge is 0.164 e. The molecule has 2 aromatic carbocycles. The first kappa shape index (κ1) is 14.9. The molecule has 3 nitrogen and oxygen atoms in total. The highest BCUT2D eigenvalue weighted by Crippen LogP contribution is 2.40. The highest BCUT2D eigenvalue weighted by Gasteiger charge is 2.26. The summed E-state index contributed by atoms with van der Waals surface area (Å²) in [6, 6.07) is 13.1. The number of fused-ring (bicyclic) bond motifs is 1. The molecule has 1 heterocycles. The van der Waals surface area contributed by atoms with Crippen molar-refractivity contribution in [1.29, 1.82) is 0 Å². The lowest BCUT2D eigenvalue weighted by atomic mass is 9.88. The van der Waals surface area contributed by atoms with Crippen molar-refractivity contribution in [2.75, 3.05) is 20.3 Å². The Kier molecular flexibility index (Phi) is 4.34. The monoisotopic (exact) mass is 297 g/mol. The third-order valence-electron chi connectivity index (χ3n) is 4.18. The van der Waals surface area contributed by atoms with Crippen LogP contribution in [0.3, 0.4) is 0 Å². The fourth-order valence-electron chi connectivity index (χ4n) is 3.21. The quantitative estimate of drug-likeness (QED) is 0.934. The lowest BCUT2D eigenvalue weighted by Gasteiger charge is -2.29. The van der Waals surface area contributed by atoms with E-state index in [0.29, 0.717) is 6.61 Å². The van der Waals surface area contributed by atoms with Gasteiger partial charge in [0, 0.05) is 12.1 Å². The van der Waals surface area contributed by atoms with Crippen LogP contribution in [0.1, 0.15) is 35.2 Å². The second kappa shape index (κ2) is 6.41. The van der Waals surface area contributed by atoms with Gasteiger partial charge in [0.2, 0.25) is 0 Å². The van der Waals surface area contributed by atoms with Gasteiger partial charge in [-0.2, -0.15) is 0 Å². The zero-order chi connectivity index (χ0) is 15.5. The Hall–Kier alpha value is -2.00. The van der Waals surface area contributed by atoms with Crippen LogP contribution in [0.25, 0.3) is 0 Å². The molecule has 1 atom stereocenters. The van der Waals surface area contributed by atoms with Crippen LogP contribution < -0.4 is 14.8 Å². The lowest BCUT2D eigenvalue weighted by molar-refractivity contribution is 0.305. The molecule has 1 aliphatic rings. The van der Waals surface area contributed by atoms with Gasteiger partial charge in [0.1, 0.15) is 0 Å². The molecular formula is C19H23NO2. The van der Waals surface area contributed by atoms with Gasteiger partial charge in [-0.1, -0.05) is 35.9 Å². The molecule has 1 unspecified atom stereocenters. The van der Waals surface area contributed by atoms with Gasteiger partial charge in [-0.25, -0.2) is 0 Å². The topological polar surface area (TPSA) is 30.5 Å². The fraction of sp³-hybridized carbons (Fsp3) is 0.368. The Morgan fingerprint density at radius 1 is 1.23 bits per heavy atom. The minimum atomic E-state index is 0.216.